The van der Waals surface area contributed by atoms with Crippen LogP contribution < -0.4 is 20.7 Å². The summed E-state index contributed by atoms with van der Waals surface area (Å²) in [7, 11) is 0.159. The first kappa shape index (κ1) is 24.2. The van der Waals surface area contributed by atoms with Gasteiger partial charge in [-0.2, -0.15) is 0 Å². The number of benzene rings is 2. The van der Waals surface area contributed by atoms with E-state index in [1.165, 1.54) is 17.3 Å². The summed E-state index contributed by atoms with van der Waals surface area (Å²) in [6.45, 7) is 6.85. The van der Waals surface area contributed by atoms with Crippen LogP contribution in [0.5, 0.6) is 5.75 Å². The minimum atomic E-state index is -1.42. The Balaban J connectivity index is 1.79. The van der Waals surface area contributed by atoms with Crippen molar-refractivity contribution >= 4 is 25.0 Å². The van der Waals surface area contributed by atoms with E-state index in [1.807, 2.05) is 12.1 Å². The van der Waals surface area contributed by atoms with Crippen LogP contribution in [0.1, 0.15) is 17.2 Å². The largest absolute Gasteiger partial charge is 0.497 e. The zero-order valence-corrected chi connectivity index (χ0v) is 20.5. The van der Waals surface area contributed by atoms with Gasteiger partial charge in [0.15, 0.2) is 11.2 Å². The lowest BCUT2D eigenvalue weighted by Gasteiger charge is -2.20. The molecule has 0 aliphatic heterocycles. The van der Waals surface area contributed by atoms with Gasteiger partial charge >= 0.3 is 0 Å². The first-order valence-electron chi connectivity index (χ1n) is 10.9. The number of nitrogens with one attached hydrogen (secondary N) is 1. The third kappa shape index (κ3) is 6.76. The highest BCUT2D eigenvalue weighted by Gasteiger charge is 2.23. The molecule has 1 atom stereocenters. The fourth-order valence-corrected chi connectivity index (χ4v) is 4.66. The monoisotopic (exact) mass is 462 g/mol. The van der Waals surface area contributed by atoms with Gasteiger partial charge in [0.05, 0.1) is 15.2 Å². The molecule has 0 bridgehead atoms. The summed E-state index contributed by atoms with van der Waals surface area (Å²) < 4.78 is 6.81. The van der Waals surface area contributed by atoms with E-state index in [2.05, 4.69) is 37.1 Å². The van der Waals surface area contributed by atoms with Crippen LogP contribution in [0, 0.1) is 0 Å². The van der Waals surface area contributed by atoms with Crippen molar-refractivity contribution in [2.75, 3.05) is 7.11 Å². The number of carbonyl (C=O) groups is 2. The smallest absolute Gasteiger partial charge is 0.240 e. The first-order valence-corrected chi connectivity index (χ1v) is 14.4. The van der Waals surface area contributed by atoms with E-state index in [9.17, 15) is 14.4 Å². The molecule has 0 aliphatic carbocycles. The van der Waals surface area contributed by atoms with Gasteiger partial charge in [0, 0.05) is 30.9 Å². The molecule has 3 rings (SSSR count). The van der Waals surface area contributed by atoms with Crippen LogP contribution in [0.15, 0.2) is 77.9 Å². The van der Waals surface area contributed by atoms with Crippen LogP contribution in [0.2, 0.25) is 19.6 Å². The Bertz CT molecular complexity index is 1140. The SMILES string of the molecule is COc1ccc(C(NC(=O)Cn2ccc(=O)cc2)C(=O)Cc2ccc([Si](C)(C)C)cc2)cc1. The number of methoxy groups -OCH3 is 1. The lowest BCUT2D eigenvalue weighted by atomic mass is 9.97. The summed E-state index contributed by atoms with van der Waals surface area (Å²) in [6.07, 6.45) is 3.30. The van der Waals surface area contributed by atoms with Crippen molar-refractivity contribution in [3.05, 3.63) is 94.4 Å². The number of hydrogen-bond acceptors (Lipinski definition) is 4. The maximum absolute atomic E-state index is 13.3. The van der Waals surface area contributed by atoms with Gasteiger partial charge in [-0.3, -0.25) is 14.4 Å². The molecule has 6 nitrogen and oxygen atoms in total. The molecule has 1 heterocycles. The number of pyridine rings is 1. The third-order valence-electron chi connectivity index (χ3n) is 5.46. The average molecular weight is 463 g/mol. The second kappa shape index (κ2) is 10.4. The Morgan fingerprint density at radius 3 is 2.09 bits per heavy atom. The van der Waals surface area contributed by atoms with Crippen molar-refractivity contribution in [1.29, 1.82) is 0 Å². The van der Waals surface area contributed by atoms with Gasteiger partial charge in [-0.25, -0.2) is 0 Å². The number of nitrogens with zero attached hydrogens (tertiary/aromatic N) is 1. The van der Waals surface area contributed by atoms with Gasteiger partial charge in [0.2, 0.25) is 5.91 Å². The lowest BCUT2D eigenvalue weighted by Crippen LogP contribution is -2.38. The quantitative estimate of drug-likeness (QED) is 0.496. The molecule has 0 spiro atoms. The maximum atomic E-state index is 13.3. The van der Waals surface area contributed by atoms with Crippen LogP contribution in [0.25, 0.3) is 0 Å². The Labute approximate surface area is 195 Å². The molecular formula is C26H30N2O4Si. The summed E-state index contributed by atoms with van der Waals surface area (Å²) in [5, 5.41) is 4.20. The minimum Gasteiger partial charge on any atom is -0.497 e. The topological polar surface area (TPSA) is 77.4 Å². The van der Waals surface area contributed by atoms with Gasteiger partial charge < -0.3 is 14.6 Å². The normalized spacial score (nSPS) is 12.1. The zero-order valence-electron chi connectivity index (χ0n) is 19.5. The highest BCUT2D eigenvalue weighted by atomic mass is 28.3. The van der Waals surface area contributed by atoms with Gasteiger partial charge in [-0.1, -0.05) is 61.2 Å². The molecule has 33 heavy (non-hydrogen) atoms. The van der Waals surface area contributed by atoms with E-state index in [4.69, 9.17) is 4.74 Å². The van der Waals surface area contributed by atoms with Crippen LogP contribution in [-0.2, 0) is 22.6 Å². The molecule has 0 saturated heterocycles. The molecule has 172 valence electrons. The van der Waals surface area contributed by atoms with E-state index in [1.54, 1.807) is 48.3 Å². The molecule has 0 fully saturated rings. The highest BCUT2D eigenvalue weighted by molar-refractivity contribution is 6.88. The molecule has 0 aliphatic rings. The summed E-state index contributed by atoms with van der Waals surface area (Å²) in [5.41, 5.74) is 1.47. The number of Topliss-reactive ketones (excluding diaryl/α,β-unsaturated/α-hetero) is 1. The Kier molecular flexibility index (Phi) is 7.66. The van der Waals surface area contributed by atoms with Crippen LogP contribution >= 0.6 is 0 Å². The van der Waals surface area contributed by atoms with Gasteiger partial charge in [-0.15, -0.1) is 0 Å². The molecule has 1 amide bonds. The number of amides is 1. The van der Waals surface area contributed by atoms with Crippen molar-refractivity contribution in [2.24, 2.45) is 0 Å². The van der Waals surface area contributed by atoms with Gasteiger partial charge in [-0.05, 0) is 23.3 Å². The second-order valence-electron chi connectivity index (χ2n) is 9.07. The average Bonchev–Trinajstić information content (AvgIpc) is 2.79. The van der Waals surface area contributed by atoms with Crippen LogP contribution in [-0.4, -0.2) is 31.4 Å². The second-order valence-corrected chi connectivity index (χ2v) is 14.1. The van der Waals surface area contributed by atoms with E-state index in [0.717, 1.165) is 5.56 Å². The van der Waals surface area contributed by atoms with E-state index >= 15 is 0 Å². The Morgan fingerprint density at radius 1 is 0.939 bits per heavy atom. The van der Waals surface area contributed by atoms with Gasteiger partial charge in [0.1, 0.15) is 18.3 Å². The molecule has 0 radical (unpaired) electrons. The van der Waals surface area contributed by atoms with Crippen LogP contribution in [0.4, 0.5) is 0 Å². The fraction of sp³-hybridized carbons (Fsp3) is 0.269. The van der Waals surface area contributed by atoms with Crippen molar-refractivity contribution in [3.63, 3.8) is 0 Å². The van der Waals surface area contributed by atoms with Crippen molar-refractivity contribution in [1.82, 2.24) is 9.88 Å². The van der Waals surface area contributed by atoms with Crippen molar-refractivity contribution < 1.29 is 14.3 Å². The molecule has 1 aromatic heterocycles. The molecular weight excluding hydrogens is 432 g/mol. The summed E-state index contributed by atoms with van der Waals surface area (Å²) >= 11 is 0. The molecule has 3 aromatic rings. The number of ketones is 1. The van der Waals surface area contributed by atoms with E-state index in [-0.39, 0.29) is 30.1 Å². The molecule has 1 unspecified atom stereocenters. The Morgan fingerprint density at radius 2 is 1.55 bits per heavy atom. The number of carbonyl (C=O) groups excluding carboxylic acids is 2. The minimum absolute atomic E-state index is 0.00508. The van der Waals surface area contributed by atoms with Crippen LogP contribution in [0.3, 0.4) is 0 Å². The summed E-state index contributed by atoms with van der Waals surface area (Å²) in [6, 6.07) is 17.3. The van der Waals surface area contributed by atoms with Gasteiger partial charge in [0.25, 0.3) is 0 Å². The van der Waals surface area contributed by atoms with Crippen molar-refractivity contribution in [3.8, 4) is 5.75 Å². The predicted octanol–water partition coefficient (Wildman–Crippen LogP) is 3.07. The highest BCUT2D eigenvalue weighted by Crippen LogP contribution is 2.20. The zero-order chi connectivity index (χ0) is 24.0. The predicted molar refractivity (Wildman–Crippen MR) is 133 cm³/mol. The number of aromatic nitrogens is 1. The standard InChI is InChI=1S/C26H30N2O4Si/c1-32-22-9-7-20(8-10-22)26(27-25(31)18-28-15-13-21(29)14-16-28)24(30)17-19-5-11-23(12-6-19)33(2,3)4/h5-16,26H,17-18H2,1-4H3,(H,27,31). The Hall–Kier alpha value is -3.45. The number of ether oxygens (including phenoxy) is 1. The molecule has 7 heteroatoms. The van der Waals surface area contributed by atoms with Crippen molar-refractivity contribution in [2.45, 2.75) is 38.6 Å². The maximum Gasteiger partial charge on any atom is 0.240 e. The summed E-state index contributed by atoms with van der Waals surface area (Å²) in [4.78, 5) is 37.3. The lowest BCUT2D eigenvalue weighted by molar-refractivity contribution is -0.128. The number of rotatable bonds is 9. The number of hydrogen-bond donors (Lipinski definition) is 1. The summed E-state index contributed by atoms with van der Waals surface area (Å²) in [5.74, 6) is 0.252. The molecule has 1 N–H and O–H groups in total. The third-order valence-corrected chi connectivity index (χ3v) is 7.53. The molecule has 0 saturated carbocycles. The fourth-order valence-electron chi connectivity index (χ4n) is 3.49. The van der Waals surface area contributed by atoms with E-state index < -0.39 is 14.1 Å². The first-order chi connectivity index (χ1) is 15.7. The van der Waals surface area contributed by atoms with E-state index in [0.29, 0.717) is 11.3 Å². The molecule has 2 aromatic carbocycles.